The molecule has 3 aromatic rings. The molecule has 1 amide bonds. The summed E-state index contributed by atoms with van der Waals surface area (Å²) in [7, 11) is -3.74. The average Bonchev–Trinajstić information content (AvgIpc) is 2.76. The number of hydrogen-bond acceptors (Lipinski definition) is 4. The number of nitrogens with one attached hydrogen (secondary N) is 1. The topological polar surface area (TPSA) is 75.7 Å². The van der Waals surface area contributed by atoms with Crippen LogP contribution >= 0.6 is 0 Å². The lowest BCUT2D eigenvalue weighted by molar-refractivity contribution is -0.137. The molecule has 11 heteroatoms. The predicted octanol–water partition coefficient (Wildman–Crippen LogP) is 4.83. The largest absolute Gasteiger partial charge is 0.484 e. The molecule has 0 radical (unpaired) electrons. The van der Waals surface area contributed by atoms with Crippen LogP contribution < -0.4 is 14.4 Å². The zero-order valence-electron chi connectivity index (χ0n) is 17.8. The van der Waals surface area contributed by atoms with Gasteiger partial charge in [0.1, 0.15) is 11.6 Å². The Labute approximate surface area is 193 Å². The first-order valence-electron chi connectivity index (χ1n) is 9.84. The lowest BCUT2D eigenvalue weighted by Crippen LogP contribution is -2.29. The lowest BCUT2D eigenvalue weighted by Gasteiger charge is -2.23. The molecule has 3 aromatic carbocycles. The van der Waals surface area contributed by atoms with Crippen LogP contribution in [0.1, 0.15) is 11.1 Å². The number of hydrogen-bond donors (Lipinski definition) is 1. The highest BCUT2D eigenvalue weighted by Gasteiger charge is 2.30. The first-order valence-corrected chi connectivity index (χ1v) is 11.7. The highest BCUT2D eigenvalue weighted by molar-refractivity contribution is 7.92. The van der Waals surface area contributed by atoms with Gasteiger partial charge in [-0.2, -0.15) is 13.2 Å². The lowest BCUT2D eigenvalue weighted by atomic mass is 10.2. The summed E-state index contributed by atoms with van der Waals surface area (Å²) in [6.45, 7) is -0.703. The van der Waals surface area contributed by atoms with E-state index in [1.165, 1.54) is 54.6 Å². The number of rotatable bonds is 8. The number of anilines is 2. The van der Waals surface area contributed by atoms with E-state index < -0.39 is 40.1 Å². The van der Waals surface area contributed by atoms with Gasteiger partial charge in [0.05, 0.1) is 24.1 Å². The van der Waals surface area contributed by atoms with E-state index in [1.807, 2.05) is 0 Å². The molecule has 3 rings (SSSR count). The molecule has 0 saturated carbocycles. The van der Waals surface area contributed by atoms with Crippen LogP contribution in [0.2, 0.25) is 0 Å². The van der Waals surface area contributed by atoms with Gasteiger partial charge in [0, 0.05) is 11.3 Å². The quantitative estimate of drug-likeness (QED) is 0.454. The second-order valence-electron chi connectivity index (χ2n) is 7.27. The Morgan fingerprint density at radius 1 is 1.00 bits per heavy atom. The Bertz CT molecular complexity index is 1260. The summed E-state index contributed by atoms with van der Waals surface area (Å²) in [6, 6.07) is 15.7. The van der Waals surface area contributed by atoms with Gasteiger partial charge in [-0.15, -0.1) is 0 Å². The summed E-state index contributed by atoms with van der Waals surface area (Å²) in [5, 5.41) is 2.32. The van der Waals surface area contributed by atoms with Crippen molar-refractivity contribution in [2.24, 2.45) is 0 Å². The highest BCUT2D eigenvalue weighted by atomic mass is 32.2. The van der Waals surface area contributed by atoms with E-state index in [1.54, 1.807) is 6.07 Å². The second-order valence-corrected chi connectivity index (χ2v) is 9.18. The molecular weight excluding hydrogens is 476 g/mol. The molecule has 0 spiro atoms. The Balaban J connectivity index is 1.64. The Kier molecular flexibility index (Phi) is 7.45. The summed E-state index contributed by atoms with van der Waals surface area (Å²) in [6.07, 6.45) is -3.54. The van der Waals surface area contributed by atoms with Crippen LogP contribution in [0.5, 0.6) is 5.75 Å². The standard InChI is InChI=1S/C23H20F4N2O4S/c1-34(31,32)29(14-16-5-2-3-8-21(16)24)19-9-11-20(12-10-19)33-15-22(30)28-18-7-4-6-17(13-18)23(25,26)27/h2-13H,14-15H2,1H3,(H,28,30). The minimum Gasteiger partial charge on any atom is -0.484 e. The van der Waals surface area contributed by atoms with E-state index in [4.69, 9.17) is 4.74 Å². The van der Waals surface area contributed by atoms with Crippen LogP contribution in [0.15, 0.2) is 72.8 Å². The van der Waals surface area contributed by atoms with Crippen molar-refractivity contribution in [2.75, 3.05) is 22.5 Å². The normalized spacial score (nSPS) is 11.7. The maximum Gasteiger partial charge on any atom is 0.416 e. The summed E-state index contributed by atoms with van der Waals surface area (Å²) in [4.78, 5) is 12.0. The molecule has 0 aliphatic carbocycles. The van der Waals surface area contributed by atoms with Gasteiger partial charge in [0.25, 0.3) is 5.91 Å². The number of ether oxygens (including phenoxy) is 1. The maximum atomic E-state index is 14.0. The third kappa shape index (κ3) is 6.70. The van der Waals surface area contributed by atoms with E-state index in [-0.39, 0.29) is 29.2 Å². The van der Waals surface area contributed by atoms with Gasteiger partial charge in [-0.1, -0.05) is 24.3 Å². The third-order valence-corrected chi connectivity index (χ3v) is 5.78. The zero-order valence-corrected chi connectivity index (χ0v) is 18.7. The maximum absolute atomic E-state index is 14.0. The summed E-state index contributed by atoms with van der Waals surface area (Å²) >= 11 is 0. The van der Waals surface area contributed by atoms with Crippen molar-refractivity contribution >= 4 is 27.3 Å². The summed E-state index contributed by atoms with van der Waals surface area (Å²) in [5.41, 5.74) is -0.477. The fraction of sp³-hybridized carbons (Fsp3) is 0.174. The van der Waals surface area contributed by atoms with Gasteiger partial charge >= 0.3 is 6.18 Å². The SMILES string of the molecule is CS(=O)(=O)N(Cc1ccccc1F)c1ccc(OCC(=O)Nc2cccc(C(F)(F)F)c2)cc1. The van der Waals surface area contributed by atoms with Gasteiger partial charge in [0.15, 0.2) is 6.61 Å². The first-order chi connectivity index (χ1) is 15.9. The monoisotopic (exact) mass is 496 g/mol. The van der Waals surface area contributed by atoms with Gasteiger partial charge in [0.2, 0.25) is 10.0 Å². The average molecular weight is 496 g/mol. The van der Waals surface area contributed by atoms with E-state index in [2.05, 4.69) is 5.32 Å². The number of carbonyl (C=O) groups is 1. The fourth-order valence-corrected chi connectivity index (χ4v) is 3.89. The minimum atomic E-state index is -4.54. The van der Waals surface area contributed by atoms with Crippen molar-refractivity contribution in [1.29, 1.82) is 0 Å². The molecule has 1 N–H and O–H groups in total. The van der Waals surface area contributed by atoms with Gasteiger partial charge in [-0.3, -0.25) is 9.10 Å². The van der Waals surface area contributed by atoms with Crippen LogP contribution in [0.3, 0.4) is 0 Å². The molecule has 0 aliphatic rings. The molecule has 0 bridgehead atoms. The van der Waals surface area contributed by atoms with Crippen molar-refractivity contribution in [1.82, 2.24) is 0 Å². The molecule has 0 unspecified atom stereocenters. The minimum absolute atomic E-state index is 0.0317. The van der Waals surface area contributed by atoms with Crippen molar-refractivity contribution < 1.29 is 35.5 Å². The van der Waals surface area contributed by atoms with E-state index in [0.29, 0.717) is 0 Å². The van der Waals surface area contributed by atoms with Crippen LogP contribution in [-0.4, -0.2) is 27.2 Å². The molecule has 0 fully saturated rings. The summed E-state index contributed by atoms with van der Waals surface area (Å²) in [5.74, 6) is -0.995. The molecule has 0 atom stereocenters. The number of benzene rings is 3. The number of sulfonamides is 1. The molecule has 0 heterocycles. The van der Waals surface area contributed by atoms with Crippen molar-refractivity contribution in [3.8, 4) is 5.75 Å². The van der Waals surface area contributed by atoms with Crippen molar-refractivity contribution in [3.05, 3.63) is 89.7 Å². The van der Waals surface area contributed by atoms with Gasteiger partial charge in [-0.05, 0) is 48.5 Å². The Hall–Kier alpha value is -3.60. The molecular formula is C23H20F4N2O4S. The van der Waals surface area contributed by atoms with Crippen molar-refractivity contribution in [3.63, 3.8) is 0 Å². The third-order valence-electron chi connectivity index (χ3n) is 4.64. The summed E-state index contributed by atoms with van der Waals surface area (Å²) < 4.78 is 83.2. The Morgan fingerprint density at radius 2 is 1.68 bits per heavy atom. The predicted molar refractivity (Wildman–Crippen MR) is 119 cm³/mol. The number of halogens is 4. The Morgan fingerprint density at radius 3 is 2.29 bits per heavy atom. The molecule has 0 saturated heterocycles. The number of carbonyl (C=O) groups excluding carboxylic acids is 1. The van der Waals surface area contributed by atoms with Gasteiger partial charge in [-0.25, -0.2) is 12.8 Å². The van der Waals surface area contributed by atoms with Crippen LogP contribution in [0.25, 0.3) is 0 Å². The van der Waals surface area contributed by atoms with Crippen molar-refractivity contribution in [2.45, 2.75) is 12.7 Å². The van der Waals surface area contributed by atoms with Crippen LogP contribution in [0, 0.1) is 5.82 Å². The number of alkyl halides is 3. The van der Waals surface area contributed by atoms with Crippen LogP contribution in [0.4, 0.5) is 28.9 Å². The molecule has 34 heavy (non-hydrogen) atoms. The molecule has 180 valence electrons. The second kappa shape index (κ2) is 10.1. The first kappa shape index (κ1) is 25.0. The van der Waals surface area contributed by atoms with E-state index in [9.17, 15) is 30.8 Å². The van der Waals surface area contributed by atoms with Gasteiger partial charge < -0.3 is 10.1 Å². The van der Waals surface area contributed by atoms with E-state index in [0.717, 1.165) is 22.7 Å². The highest BCUT2D eigenvalue weighted by Crippen LogP contribution is 2.30. The zero-order chi connectivity index (χ0) is 24.9. The van der Waals surface area contributed by atoms with Crippen LogP contribution in [-0.2, 0) is 27.5 Å². The number of nitrogens with zero attached hydrogens (tertiary/aromatic N) is 1. The smallest absolute Gasteiger partial charge is 0.416 e. The number of amides is 1. The van der Waals surface area contributed by atoms with E-state index >= 15 is 0 Å². The molecule has 6 nitrogen and oxygen atoms in total. The molecule has 0 aromatic heterocycles. The molecule has 0 aliphatic heterocycles. The fourth-order valence-electron chi connectivity index (χ4n) is 3.01.